The molecule has 1 saturated heterocycles. The first-order chi connectivity index (χ1) is 14.1. The Morgan fingerprint density at radius 3 is 2.59 bits per heavy atom. The Balaban J connectivity index is 1.61. The molecule has 9 heteroatoms. The minimum absolute atomic E-state index is 0.0564. The summed E-state index contributed by atoms with van der Waals surface area (Å²) in [5.41, 5.74) is 2.27. The van der Waals surface area contributed by atoms with E-state index >= 15 is 0 Å². The number of anilines is 1. The number of rotatable bonds is 6. The number of likely N-dealkylation sites (tertiary alicyclic amines) is 1. The van der Waals surface area contributed by atoms with Crippen LogP contribution in [0.1, 0.15) is 38.9 Å². The van der Waals surface area contributed by atoms with E-state index in [9.17, 15) is 4.79 Å². The monoisotopic (exact) mass is 394 g/mol. The summed E-state index contributed by atoms with van der Waals surface area (Å²) in [6.45, 7) is 8.34. The Morgan fingerprint density at radius 1 is 1.17 bits per heavy atom. The molecule has 4 heterocycles. The van der Waals surface area contributed by atoms with Crippen LogP contribution in [0.15, 0.2) is 18.7 Å². The first-order valence-electron chi connectivity index (χ1n) is 10.1. The number of nitrogens with zero attached hydrogens (tertiary/aromatic N) is 7. The molecule has 0 aliphatic carbocycles. The van der Waals surface area contributed by atoms with Gasteiger partial charge in [-0.2, -0.15) is 0 Å². The van der Waals surface area contributed by atoms with Crippen LogP contribution < -0.4 is 5.32 Å². The zero-order valence-electron chi connectivity index (χ0n) is 17.1. The lowest BCUT2D eigenvalue weighted by atomic mass is 10.2. The van der Waals surface area contributed by atoms with Crippen molar-refractivity contribution in [3.05, 3.63) is 24.5 Å². The summed E-state index contributed by atoms with van der Waals surface area (Å²) in [6.07, 6.45) is 7.70. The smallest absolute Gasteiger partial charge is 0.224 e. The van der Waals surface area contributed by atoms with E-state index < -0.39 is 0 Å². The molecular formula is C20H26N8O. The van der Waals surface area contributed by atoms with E-state index in [1.165, 1.54) is 6.33 Å². The van der Waals surface area contributed by atoms with Crippen LogP contribution >= 0.6 is 0 Å². The minimum atomic E-state index is -0.0564. The SMILES string of the molecule is CCn1c(-c2cnc(C)nc2)nc2c(NC(C)CC(=O)N3CCCC3)ncnc21. The molecule has 1 aliphatic rings. The number of carbonyl (C=O) groups excluding carboxylic acids is 1. The number of aromatic nitrogens is 6. The van der Waals surface area contributed by atoms with Gasteiger partial charge in [0.25, 0.3) is 0 Å². The highest BCUT2D eigenvalue weighted by Gasteiger charge is 2.22. The Hall–Kier alpha value is -3.10. The maximum atomic E-state index is 12.4. The van der Waals surface area contributed by atoms with Gasteiger partial charge in [-0.3, -0.25) is 4.79 Å². The molecule has 0 bridgehead atoms. The van der Waals surface area contributed by atoms with Gasteiger partial charge in [0.1, 0.15) is 18.0 Å². The van der Waals surface area contributed by atoms with Gasteiger partial charge in [-0.1, -0.05) is 0 Å². The average molecular weight is 394 g/mol. The molecule has 1 amide bonds. The fraction of sp³-hybridized carbons (Fsp3) is 0.500. The molecule has 0 saturated carbocycles. The van der Waals surface area contributed by atoms with Gasteiger partial charge in [-0.25, -0.2) is 24.9 Å². The summed E-state index contributed by atoms with van der Waals surface area (Å²) in [7, 11) is 0. The fourth-order valence-electron chi connectivity index (χ4n) is 3.71. The van der Waals surface area contributed by atoms with Gasteiger partial charge in [-0.05, 0) is 33.6 Å². The first-order valence-corrected chi connectivity index (χ1v) is 10.1. The van der Waals surface area contributed by atoms with Crippen molar-refractivity contribution in [2.45, 2.75) is 52.6 Å². The number of fused-ring (bicyclic) bond motifs is 1. The summed E-state index contributed by atoms with van der Waals surface area (Å²) in [5.74, 6) is 2.29. The molecule has 9 nitrogen and oxygen atoms in total. The van der Waals surface area contributed by atoms with Gasteiger partial charge in [0.15, 0.2) is 17.0 Å². The van der Waals surface area contributed by atoms with Crippen LogP contribution in [0.5, 0.6) is 0 Å². The van der Waals surface area contributed by atoms with Crippen LogP contribution in [0.2, 0.25) is 0 Å². The minimum Gasteiger partial charge on any atom is -0.365 e. The average Bonchev–Trinajstić information content (AvgIpc) is 3.37. The van der Waals surface area contributed by atoms with E-state index in [4.69, 9.17) is 4.98 Å². The van der Waals surface area contributed by atoms with Crippen molar-refractivity contribution in [3.8, 4) is 11.4 Å². The zero-order valence-corrected chi connectivity index (χ0v) is 17.1. The van der Waals surface area contributed by atoms with Crippen molar-refractivity contribution in [1.82, 2.24) is 34.4 Å². The zero-order chi connectivity index (χ0) is 20.4. The highest BCUT2D eigenvalue weighted by Crippen LogP contribution is 2.26. The lowest BCUT2D eigenvalue weighted by Gasteiger charge is -2.19. The molecule has 3 aromatic rings. The molecule has 152 valence electrons. The van der Waals surface area contributed by atoms with E-state index in [1.54, 1.807) is 12.4 Å². The Morgan fingerprint density at radius 2 is 1.90 bits per heavy atom. The lowest BCUT2D eigenvalue weighted by molar-refractivity contribution is -0.130. The second kappa shape index (κ2) is 8.10. The molecular weight excluding hydrogens is 368 g/mol. The third-order valence-electron chi connectivity index (χ3n) is 5.21. The van der Waals surface area contributed by atoms with Gasteiger partial charge in [0.2, 0.25) is 5.91 Å². The fourth-order valence-corrected chi connectivity index (χ4v) is 3.71. The van der Waals surface area contributed by atoms with Gasteiger partial charge >= 0.3 is 0 Å². The van der Waals surface area contributed by atoms with Crippen molar-refractivity contribution in [2.24, 2.45) is 0 Å². The summed E-state index contributed by atoms with van der Waals surface area (Å²) >= 11 is 0. The topological polar surface area (TPSA) is 102 Å². The van der Waals surface area contributed by atoms with E-state index in [0.717, 1.165) is 43.0 Å². The largest absolute Gasteiger partial charge is 0.365 e. The molecule has 29 heavy (non-hydrogen) atoms. The van der Waals surface area contributed by atoms with Crippen molar-refractivity contribution in [2.75, 3.05) is 18.4 Å². The van der Waals surface area contributed by atoms with Gasteiger partial charge in [0.05, 0.1) is 5.56 Å². The van der Waals surface area contributed by atoms with Crippen molar-refractivity contribution in [1.29, 1.82) is 0 Å². The number of amides is 1. The molecule has 4 rings (SSSR count). The maximum Gasteiger partial charge on any atom is 0.224 e. The Bertz CT molecular complexity index is 1010. The predicted molar refractivity (Wildman–Crippen MR) is 110 cm³/mol. The molecule has 1 fully saturated rings. The Labute approximate surface area is 169 Å². The van der Waals surface area contributed by atoms with Gasteiger partial charge in [0, 0.05) is 44.5 Å². The van der Waals surface area contributed by atoms with Crippen LogP contribution in [-0.2, 0) is 11.3 Å². The second-order valence-corrected chi connectivity index (χ2v) is 7.43. The van der Waals surface area contributed by atoms with E-state index in [1.807, 2.05) is 30.2 Å². The molecule has 1 unspecified atom stereocenters. The quantitative estimate of drug-likeness (QED) is 0.685. The van der Waals surface area contributed by atoms with Gasteiger partial charge in [-0.15, -0.1) is 0 Å². The van der Waals surface area contributed by atoms with Crippen molar-refractivity contribution >= 4 is 22.9 Å². The highest BCUT2D eigenvalue weighted by molar-refractivity contribution is 5.86. The standard InChI is InChI=1S/C20H26N8O/c1-4-28-19(15-10-21-14(3)22-11-15)26-17-18(23-12-24-20(17)28)25-13(2)9-16(29)27-7-5-6-8-27/h10-13H,4-9H2,1-3H3,(H,23,24,25). The number of nitrogens with one attached hydrogen (secondary N) is 1. The third kappa shape index (κ3) is 3.90. The molecule has 3 aromatic heterocycles. The maximum absolute atomic E-state index is 12.4. The number of carbonyl (C=O) groups is 1. The van der Waals surface area contributed by atoms with Crippen molar-refractivity contribution < 1.29 is 4.79 Å². The van der Waals surface area contributed by atoms with Crippen LogP contribution in [0.25, 0.3) is 22.6 Å². The second-order valence-electron chi connectivity index (χ2n) is 7.43. The van der Waals surface area contributed by atoms with Crippen LogP contribution in [0.4, 0.5) is 5.82 Å². The summed E-state index contributed by atoms with van der Waals surface area (Å²) < 4.78 is 2.02. The normalized spacial score (nSPS) is 15.1. The number of hydrogen-bond donors (Lipinski definition) is 1. The number of aryl methyl sites for hydroxylation is 2. The Kier molecular flexibility index (Phi) is 5.37. The summed E-state index contributed by atoms with van der Waals surface area (Å²) in [5, 5.41) is 3.36. The predicted octanol–water partition coefficient (Wildman–Crippen LogP) is 2.42. The molecule has 1 atom stereocenters. The van der Waals surface area contributed by atoms with Crippen LogP contribution in [-0.4, -0.2) is 59.4 Å². The lowest BCUT2D eigenvalue weighted by Crippen LogP contribution is -2.32. The highest BCUT2D eigenvalue weighted by atomic mass is 16.2. The first kappa shape index (κ1) is 19.2. The summed E-state index contributed by atoms with van der Waals surface area (Å²) in [4.78, 5) is 36.6. The van der Waals surface area contributed by atoms with E-state index in [0.29, 0.717) is 30.1 Å². The molecule has 0 spiro atoms. The molecule has 0 radical (unpaired) electrons. The van der Waals surface area contributed by atoms with Crippen LogP contribution in [0.3, 0.4) is 0 Å². The molecule has 1 aliphatic heterocycles. The molecule has 1 N–H and O–H groups in total. The number of imidazole rings is 1. The third-order valence-corrected chi connectivity index (χ3v) is 5.21. The van der Waals surface area contributed by atoms with E-state index in [-0.39, 0.29) is 11.9 Å². The van der Waals surface area contributed by atoms with Crippen LogP contribution in [0, 0.1) is 6.92 Å². The van der Waals surface area contributed by atoms with Gasteiger partial charge < -0.3 is 14.8 Å². The van der Waals surface area contributed by atoms with E-state index in [2.05, 4.69) is 25.3 Å². The number of hydrogen-bond acceptors (Lipinski definition) is 7. The van der Waals surface area contributed by atoms with Crippen molar-refractivity contribution in [3.63, 3.8) is 0 Å². The molecule has 0 aromatic carbocycles. The summed E-state index contributed by atoms with van der Waals surface area (Å²) in [6, 6.07) is -0.0564.